The number of methoxy groups -OCH3 is 1. The maximum atomic E-state index is 12.9. The molecule has 2 aromatic rings. The van der Waals surface area contributed by atoms with Crippen molar-refractivity contribution in [1.82, 2.24) is 9.78 Å². The number of azide groups is 1. The van der Waals surface area contributed by atoms with Crippen molar-refractivity contribution in [3.05, 3.63) is 58.7 Å². The first-order valence-electron chi connectivity index (χ1n) is 6.03. The normalized spacial score (nSPS) is 13.5. The molecule has 2 atom stereocenters. The molecule has 1 aromatic carbocycles. The summed E-state index contributed by atoms with van der Waals surface area (Å²) in [6, 6.07) is 8.26. The van der Waals surface area contributed by atoms with E-state index in [4.69, 9.17) is 10.3 Å². The average molecular weight is 275 g/mol. The lowest BCUT2D eigenvalue weighted by Gasteiger charge is -2.20. The second-order valence-corrected chi connectivity index (χ2v) is 4.13. The van der Waals surface area contributed by atoms with Crippen LogP contribution < -0.4 is 0 Å². The smallest absolute Gasteiger partial charge is 0.101 e. The van der Waals surface area contributed by atoms with Crippen LogP contribution in [-0.4, -0.2) is 29.6 Å². The summed E-state index contributed by atoms with van der Waals surface area (Å²) in [5.41, 5.74) is 10.1. The molecule has 1 heterocycles. The lowest BCUT2D eigenvalue weighted by atomic mass is 10.0. The molecule has 0 aliphatic heterocycles. The van der Waals surface area contributed by atoms with Gasteiger partial charge in [-0.25, -0.2) is 4.68 Å². The highest BCUT2D eigenvalue weighted by molar-refractivity contribution is 5.35. The van der Waals surface area contributed by atoms with Crippen molar-refractivity contribution in [2.45, 2.75) is 12.1 Å². The highest BCUT2D eigenvalue weighted by Crippen LogP contribution is 2.24. The van der Waals surface area contributed by atoms with Gasteiger partial charge in [-0.2, -0.15) is 5.10 Å². The molecule has 0 fully saturated rings. The zero-order chi connectivity index (χ0) is 14.4. The quantitative estimate of drug-likeness (QED) is 0.461. The van der Waals surface area contributed by atoms with Crippen LogP contribution in [0.2, 0.25) is 0 Å². The Balaban J connectivity index is 2.25. The highest BCUT2D eigenvalue weighted by atomic mass is 19.1. The predicted octanol–water partition coefficient (Wildman–Crippen LogP) is 3.21. The second-order valence-electron chi connectivity index (χ2n) is 4.13. The first-order chi connectivity index (χ1) is 9.80. The third-order valence-electron chi connectivity index (χ3n) is 2.95. The van der Waals surface area contributed by atoms with E-state index in [1.54, 1.807) is 23.0 Å². The molecule has 0 aliphatic carbocycles. The van der Waals surface area contributed by atoms with Crippen molar-refractivity contribution in [2.24, 2.45) is 5.11 Å². The van der Waals surface area contributed by atoms with Gasteiger partial charge in [0.1, 0.15) is 6.67 Å². The lowest BCUT2D eigenvalue weighted by Crippen LogP contribution is -2.20. The Morgan fingerprint density at radius 1 is 1.45 bits per heavy atom. The van der Waals surface area contributed by atoms with Crippen LogP contribution in [0.15, 0.2) is 47.8 Å². The Kier molecular flexibility index (Phi) is 4.70. The van der Waals surface area contributed by atoms with E-state index < -0.39 is 18.8 Å². The summed E-state index contributed by atoms with van der Waals surface area (Å²) in [6.07, 6.45) is 2.90. The summed E-state index contributed by atoms with van der Waals surface area (Å²) in [7, 11) is 1.46. The number of rotatable bonds is 6. The number of aromatic nitrogens is 2. The van der Waals surface area contributed by atoms with E-state index >= 15 is 0 Å². The minimum atomic E-state index is -0.874. The number of hydrogen-bond donors (Lipinski definition) is 0. The molecule has 2 rings (SSSR count). The summed E-state index contributed by atoms with van der Waals surface area (Å²) in [5.74, 6) is 0. The highest BCUT2D eigenvalue weighted by Gasteiger charge is 2.22. The molecule has 1 unspecified atom stereocenters. The van der Waals surface area contributed by atoms with Gasteiger partial charge in [-0.05, 0) is 29.3 Å². The summed E-state index contributed by atoms with van der Waals surface area (Å²) in [6.45, 7) is -0.774. The number of ether oxygens (including phenoxy) is 1. The van der Waals surface area contributed by atoms with Gasteiger partial charge in [-0.3, -0.25) is 4.39 Å². The molecule has 0 saturated carbocycles. The molecule has 0 N–H and O–H groups in total. The maximum absolute atomic E-state index is 12.9. The Hall–Kier alpha value is -2.37. The number of hydrogen-bond acceptors (Lipinski definition) is 3. The van der Waals surface area contributed by atoms with E-state index in [-0.39, 0.29) is 0 Å². The van der Waals surface area contributed by atoms with Crippen molar-refractivity contribution in [3.8, 4) is 5.69 Å². The Labute approximate surface area is 115 Å². The van der Waals surface area contributed by atoms with Crippen LogP contribution in [0, 0.1) is 0 Å². The zero-order valence-corrected chi connectivity index (χ0v) is 10.9. The third kappa shape index (κ3) is 2.96. The standard InChI is InChI=1S/C13H14FN5O/c1-20-13(12(9-14)17-18-15)10-3-5-11(6-4-10)19-8-2-7-16-19/h2-8,12-13H,9H2,1H3/t12?,13-/m1/s1. The monoisotopic (exact) mass is 275 g/mol. The summed E-state index contributed by atoms with van der Waals surface area (Å²) in [4.78, 5) is 2.65. The van der Waals surface area contributed by atoms with Gasteiger partial charge in [-0.15, -0.1) is 0 Å². The lowest BCUT2D eigenvalue weighted by molar-refractivity contribution is 0.0722. The minimum absolute atomic E-state index is 0.609. The van der Waals surface area contributed by atoms with E-state index in [1.165, 1.54) is 7.11 Å². The van der Waals surface area contributed by atoms with E-state index in [0.29, 0.717) is 0 Å². The molecule has 0 amide bonds. The van der Waals surface area contributed by atoms with Crippen LogP contribution in [0.5, 0.6) is 0 Å². The SMILES string of the molecule is CO[C@H](c1ccc(-n2cccn2)cc1)C(CF)N=[N+]=[N-]. The van der Waals surface area contributed by atoms with Gasteiger partial charge in [-0.1, -0.05) is 17.2 Å². The van der Waals surface area contributed by atoms with Gasteiger partial charge in [0.25, 0.3) is 0 Å². The van der Waals surface area contributed by atoms with Crippen LogP contribution in [0.25, 0.3) is 16.1 Å². The van der Waals surface area contributed by atoms with Crippen LogP contribution in [-0.2, 0) is 4.74 Å². The Morgan fingerprint density at radius 2 is 2.20 bits per heavy atom. The molecule has 6 nitrogen and oxygen atoms in total. The fraction of sp³-hybridized carbons (Fsp3) is 0.308. The number of alkyl halides is 1. The molecule has 0 saturated heterocycles. The summed E-state index contributed by atoms with van der Waals surface area (Å²) in [5, 5.41) is 7.55. The van der Waals surface area contributed by atoms with Crippen molar-refractivity contribution in [1.29, 1.82) is 0 Å². The zero-order valence-electron chi connectivity index (χ0n) is 10.9. The molecule has 20 heavy (non-hydrogen) atoms. The second kappa shape index (κ2) is 6.70. The minimum Gasteiger partial charge on any atom is -0.376 e. The average Bonchev–Trinajstić information content (AvgIpc) is 3.02. The predicted molar refractivity (Wildman–Crippen MR) is 72.2 cm³/mol. The van der Waals surface area contributed by atoms with Crippen molar-refractivity contribution in [2.75, 3.05) is 13.8 Å². The number of benzene rings is 1. The van der Waals surface area contributed by atoms with Crippen molar-refractivity contribution >= 4 is 0 Å². The number of nitrogens with zero attached hydrogens (tertiary/aromatic N) is 5. The van der Waals surface area contributed by atoms with Crippen molar-refractivity contribution in [3.63, 3.8) is 0 Å². The van der Waals surface area contributed by atoms with Crippen LogP contribution in [0.4, 0.5) is 4.39 Å². The summed E-state index contributed by atoms with van der Waals surface area (Å²) >= 11 is 0. The third-order valence-corrected chi connectivity index (χ3v) is 2.95. The van der Waals surface area contributed by atoms with Gasteiger partial charge in [0.2, 0.25) is 0 Å². The molecule has 0 spiro atoms. The molecule has 104 valence electrons. The van der Waals surface area contributed by atoms with Gasteiger partial charge in [0.05, 0.1) is 17.8 Å². The summed E-state index contributed by atoms with van der Waals surface area (Å²) < 4.78 is 19.9. The van der Waals surface area contributed by atoms with Crippen molar-refractivity contribution < 1.29 is 9.13 Å². The molecule has 7 heteroatoms. The first-order valence-corrected chi connectivity index (χ1v) is 6.03. The molecule has 0 aliphatic rings. The van der Waals surface area contributed by atoms with Gasteiger partial charge in [0.15, 0.2) is 0 Å². The van der Waals surface area contributed by atoms with Crippen LogP contribution in [0.1, 0.15) is 11.7 Å². The van der Waals surface area contributed by atoms with E-state index in [0.717, 1.165) is 11.3 Å². The fourth-order valence-corrected chi connectivity index (χ4v) is 1.99. The van der Waals surface area contributed by atoms with Gasteiger partial charge in [0, 0.05) is 24.4 Å². The van der Waals surface area contributed by atoms with E-state index in [2.05, 4.69) is 15.1 Å². The maximum Gasteiger partial charge on any atom is 0.101 e. The first kappa shape index (κ1) is 14.0. The van der Waals surface area contributed by atoms with Crippen LogP contribution in [0.3, 0.4) is 0 Å². The molecular formula is C13H14FN5O. The van der Waals surface area contributed by atoms with Crippen LogP contribution >= 0.6 is 0 Å². The number of halogens is 1. The van der Waals surface area contributed by atoms with Gasteiger partial charge < -0.3 is 4.74 Å². The molecular weight excluding hydrogens is 261 g/mol. The molecule has 1 aromatic heterocycles. The molecule has 0 bridgehead atoms. The van der Waals surface area contributed by atoms with Gasteiger partial charge >= 0.3 is 0 Å². The van der Waals surface area contributed by atoms with E-state index in [1.807, 2.05) is 24.4 Å². The Bertz CT molecular complexity index is 577. The fourth-order valence-electron chi connectivity index (χ4n) is 1.99. The molecule has 0 radical (unpaired) electrons. The topological polar surface area (TPSA) is 75.8 Å². The van der Waals surface area contributed by atoms with E-state index in [9.17, 15) is 4.39 Å². The largest absolute Gasteiger partial charge is 0.376 e. The Morgan fingerprint density at radius 3 is 2.70 bits per heavy atom.